The number of benzene rings is 2. The van der Waals surface area contributed by atoms with Crippen LogP contribution >= 0.6 is 15.9 Å². The maximum atomic E-state index is 5.85. The van der Waals surface area contributed by atoms with Crippen LogP contribution in [0.3, 0.4) is 0 Å². The molecule has 0 aliphatic carbocycles. The lowest BCUT2D eigenvalue weighted by Gasteiger charge is -2.23. The zero-order valence-corrected chi connectivity index (χ0v) is 14.4. The molecular formula is C17H21BrN2O. The molecule has 1 unspecified atom stereocenters. The van der Waals surface area contributed by atoms with Crippen molar-refractivity contribution in [2.75, 3.05) is 7.11 Å². The number of nitrogens with two attached hydrogens (primary N) is 1. The van der Waals surface area contributed by atoms with Gasteiger partial charge in [0.2, 0.25) is 0 Å². The van der Waals surface area contributed by atoms with E-state index in [2.05, 4.69) is 66.4 Å². The van der Waals surface area contributed by atoms with E-state index in [9.17, 15) is 0 Å². The van der Waals surface area contributed by atoms with Crippen molar-refractivity contribution in [2.24, 2.45) is 5.84 Å². The van der Waals surface area contributed by atoms with Gasteiger partial charge >= 0.3 is 0 Å². The van der Waals surface area contributed by atoms with E-state index >= 15 is 0 Å². The lowest BCUT2D eigenvalue weighted by Crippen LogP contribution is -2.30. The Balaban J connectivity index is 2.61. The van der Waals surface area contributed by atoms with E-state index in [4.69, 9.17) is 10.6 Å². The van der Waals surface area contributed by atoms with Crippen LogP contribution in [0.5, 0.6) is 5.75 Å². The second kappa shape index (κ2) is 6.60. The molecule has 3 nitrogen and oxygen atoms in total. The highest BCUT2D eigenvalue weighted by Gasteiger charge is 2.20. The molecule has 0 radical (unpaired) electrons. The smallest absolute Gasteiger partial charge is 0.124 e. The molecule has 0 amide bonds. The van der Waals surface area contributed by atoms with Crippen LogP contribution in [0.1, 0.15) is 33.9 Å². The molecule has 0 aliphatic rings. The molecule has 0 aromatic heterocycles. The van der Waals surface area contributed by atoms with Gasteiger partial charge in [-0.25, -0.2) is 5.43 Å². The summed E-state index contributed by atoms with van der Waals surface area (Å²) < 4.78 is 6.61. The van der Waals surface area contributed by atoms with Gasteiger partial charge in [-0.1, -0.05) is 28.1 Å². The van der Waals surface area contributed by atoms with E-state index in [1.165, 1.54) is 11.1 Å². The van der Waals surface area contributed by atoms with E-state index in [-0.39, 0.29) is 6.04 Å². The van der Waals surface area contributed by atoms with Gasteiger partial charge < -0.3 is 4.74 Å². The Morgan fingerprint density at radius 2 is 1.71 bits per heavy atom. The minimum absolute atomic E-state index is 0.114. The molecule has 4 heteroatoms. The Morgan fingerprint density at radius 3 is 2.29 bits per heavy atom. The van der Waals surface area contributed by atoms with Crippen LogP contribution in [0.15, 0.2) is 34.8 Å². The summed E-state index contributed by atoms with van der Waals surface area (Å²) in [6, 6.07) is 10.4. The van der Waals surface area contributed by atoms with Gasteiger partial charge in [-0.2, -0.15) is 0 Å². The van der Waals surface area contributed by atoms with E-state index < -0.39 is 0 Å². The average molecular weight is 349 g/mol. The number of ether oxygens (including phenoxy) is 1. The molecular weight excluding hydrogens is 328 g/mol. The maximum Gasteiger partial charge on any atom is 0.124 e. The predicted octanol–water partition coefficient (Wildman–Crippen LogP) is 3.94. The van der Waals surface area contributed by atoms with Crippen molar-refractivity contribution in [3.8, 4) is 5.75 Å². The minimum atomic E-state index is -0.114. The van der Waals surface area contributed by atoms with Crippen molar-refractivity contribution in [3.63, 3.8) is 0 Å². The summed E-state index contributed by atoms with van der Waals surface area (Å²) in [5, 5.41) is 0. The summed E-state index contributed by atoms with van der Waals surface area (Å²) in [7, 11) is 1.69. The molecule has 0 bridgehead atoms. The summed E-state index contributed by atoms with van der Waals surface area (Å²) in [6.07, 6.45) is 0. The highest BCUT2D eigenvalue weighted by molar-refractivity contribution is 9.10. The van der Waals surface area contributed by atoms with Crippen LogP contribution in [0.2, 0.25) is 0 Å². The summed E-state index contributed by atoms with van der Waals surface area (Å²) in [5.74, 6) is 6.70. The Kier molecular flexibility index (Phi) is 5.04. The maximum absolute atomic E-state index is 5.85. The van der Waals surface area contributed by atoms with Crippen LogP contribution in [0.25, 0.3) is 0 Å². The third-order valence-corrected chi connectivity index (χ3v) is 4.02. The first-order chi connectivity index (χ1) is 9.96. The van der Waals surface area contributed by atoms with Gasteiger partial charge in [0.1, 0.15) is 5.75 Å². The zero-order chi connectivity index (χ0) is 15.6. The van der Waals surface area contributed by atoms with Crippen molar-refractivity contribution in [3.05, 3.63) is 62.6 Å². The summed E-state index contributed by atoms with van der Waals surface area (Å²) in [6.45, 7) is 6.22. The first-order valence-electron chi connectivity index (χ1n) is 6.84. The topological polar surface area (TPSA) is 47.3 Å². The third kappa shape index (κ3) is 3.46. The average Bonchev–Trinajstić information content (AvgIpc) is 2.40. The Labute approximate surface area is 134 Å². The number of hydrazine groups is 1. The monoisotopic (exact) mass is 348 g/mol. The van der Waals surface area contributed by atoms with E-state index in [0.717, 1.165) is 26.9 Å². The molecule has 0 aliphatic heterocycles. The second-order valence-corrected chi connectivity index (χ2v) is 6.28. The van der Waals surface area contributed by atoms with Crippen LogP contribution in [0, 0.1) is 20.8 Å². The number of hydrogen-bond donors (Lipinski definition) is 2. The molecule has 2 rings (SSSR count). The van der Waals surface area contributed by atoms with E-state index in [1.54, 1.807) is 7.11 Å². The first kappa shape index (κ1) is 16.0. The van der Waals surface area contributed by atoms with Crippen molar-refractivity contribution in [1.82, 2.24) is 5.43 Å². The van der Waals surface area contributed by atoms with E-state index in [0.29, 0.717) is 0 Å². The first-order valence-corrected chi connectivity index (χ1v) is 7.64. The van der Waals surface area contributed by atoms with Crippen molar-refractivity contribution < 1.29 is 4.74 Å². The fraction of sp³-hybridized carbons (Fsp3) is 0.294. The van der Waals surface area contributed by atoms with Crippen molar-refractivity contribution in [1.29, 1.82) is 0 Å². The van der Waals surface area contributed by atoms with Crippen molar-refractivity contribution in [2.45, 2.75) is 26.8 Å². The fourth-order valence-corrected chi connectivity index (χ4v) is 3.38. The Bertz CT molecular complexity index is 635. The Morgan fingerprint density at radius 1 is 1.05 bits per heavy atom. The summed E-state index contributed by atoms with van der Waals surface area (Å²) in [5.41, 5.74) is 8.62. The lowest BCUT2D eigenvalue weighted by molar-refractivity contribution is 0.403. The largest absolute Gasteiger partial charge is 0.496 e. The van der Waals surface area contributed by atoms with Crippen LogP contribution in [-0.4, -0.2) is 7.11 Å². The number of nitrogens with one attached hydrogen (secondary N) is 1. The van der Waals surface area contributed by atoms with Gasteiger partial charge in [0, 0.05) is 10.0 Å². The van der Waals surface area contributed by atoms with Crippen molar-refractivity contribution >= 4 is 15.9 Å². The van der Waals surface area contributed by atoms with Crippen LogP contribution < -0.4 is 16.0 Å². The zero-order valence-electron chi connectivity index (χ0n) is 12.8. The standard InChI is InChI=1S/C17H21BrN2O/c1-10-5-12(3)16(15(8-10)21-4)17(20-19)13-6-11(2)7-14(18)9-13/h5-9,17,20H,19H2,1-4H3. The van der Waals surface area contributed by atoms with E-state index in [1.807, 2.05) is 6.07 Å². The Hall–Kier alpha value is -1.36. The number of aryl methyl sites for hydroxylation is 3. The molecule has 0 fully saturated rings. The summed E-state index contributed by atoms with van der Waals surface area (Å²) in [4.78, 5) is 0. The molecule has 1 atom stereocenters. The van der Waals surface area contributed by atoms with Crippen LogP contribution in [0.4, 0.5) is 0 Å². The molecule has 0 spiro atoms. The third-order valence-electron chi connectivity index (χ3n) is 3.57. The highest BCUT2D eigenvalue weighted by Crippen LogP contribution is 2.34. The molecule has 2 aromatic carbocycles. The quantitative estimate of drug-likeness (QED) is 0.649. The molecule has 112 valence electrons. The fourth-order valence-electron chi connectivity index (χ4n) is 2.76. The second-order valence-electron chi connectivity index (χ2n) is 5.36. The molecule has 3 N–H and O–H groups in total. The number of hydrogen-bond acceptors (Lipinski definition) is 3. The molecule has 0 saturated heterocycles. The van der Waals surface area contributed by atoms with Crippen LogP contribution in [-0.2, 0) is 0 Å². The van der Waals surface area contributed by atoms with Gasteiger partial charge in [-0.05, 0) is 61.2 Å². The van der Waals surface area contributed by atoms with Gasteiger partial charge in [0.25, 0.3) is 0 Å². The molecule has 0 saturated carbocycles. The SMILES string of the molecule is COc1cc(C)cc(C)c1C(NN)c1cc(C)cc(Br)c1. The molecule has 21 heavy (non-hydrogen) atoms. The predicted molar refractivity (Wildman–Crippen MR) is 90.5 cm³/mol. The van der Waals surface area contributed by atoms with Gasteiger partial charge in [-0.15, -0.1) is 0 Å². The number of halogens is 1. The molecule has 2 aromatic rings. The number of methoxy groups -OCH3 is 1. The van der Waals surface area contributed by atoms with Gasteiger partial charge in [-0.3, -0.25) is 5.84 Å². The number of rotatable bonds is 4. The minimum Gasteiger partial charge on any atom is -0.496 e. The lowest BCUT2D eigenvalue weighted by atomic mass is 9.92. The highest BCUT2D eigenvalue weighted by atomic mass is 79.9. The van der Waals surface area contributed by atoms with Gasteiger partial charge in [0.05, 0.1) is 13.2 Å². The molecule has 0 heterocycles. The van der Waals surface area contributed by atoms with Gasteiger partial charge in [0.15, 0.2) is 0 Å². The summed E-state index contributed by atoms with van der Waals surface area (Å²) >= 11 is 3.55. The normalized spacial score (nSPS) is 12.3.